The summed E-state index contributed by atoms with van der Waals surface area (Å²) in [5.74, 6) is 0.764. The van der Waals surface area contributed by atoms with Gasteiger partial charge in [0, 0.05) is 26.1 Å². The first-order chi connectivity index (χ1) is 9.90. The number of rotatable bonds is 8. The number of nitrogens with one attached hydrogen (secondary N) is 1. The molecule has 1 rings (SSSR count). The van der Waals surface area contributed by atoms with Crippen LogP contribution in [0.4, 0.5) is 0 Å². The summed E-state index contributed by atoms with van der Waals surface area (Å²) in [5.41, 5.74) is 2.53. The molecule has 0 atom stereocenters. The molecule has 0 saturated heterocycles. The molecule has 0 aromatic heterocycles. The highest BCUT2D eigenvalue weighted by Gasteiger charge is 2.09. The predicted octanol–water partition coefficient (Wildman–Crippen LogP) is 3.55. The molecule has 1 N–H and O–H groups in total. The molecule has 1 aromatic carbocycles. The quantitative estimate of drug-likeness (QED) is 0.743. The van der Waals surface area contributed by atoms with Gasteiger partial charge in [0.1, 0.15) is 0 Å². The van der Waals surface area contributed by atoms with Crippen LogP contribution in [0.15, 0.2) is 24.3 Å². The zero-order valence-electron chi connectivity index (χ0n) is 14.1. The normalized spacial score (nSPS) is 11.2. The SMILES string of the molecule is CC(C)NCCCC(=O)N(C)Cc1ccc(C(C)C)cc1. The Morgan fingerprint density at radius 1 is 1.14 bits per heavy atom. The summed E-state index contributed by atoms with van der Waals surface area (Å²) in [4.78, 5) is 13.9. The Kier molecular flexibility index (Phi) is 7.44. The number of benzene rings is 1. The van der Waals surface area contributed by atoms with E-state index in [1.54, 1.807) is 0 Å². The number of carbonyl (C=O) groups is 1. The molecule has 0 saturated carbocycles. The monoisotopic (exact) mass is 290 g/mol. The largest absolute Gasteiger partial charge is 0.341 e. The van der Waals surface area contributed by atoms with Crippen LogP contribution in [0, 0.1) is 0 Å². The fourth-order valence-electron chi connectivity index (χ4n) is 2.19. The van der Waals surface area contributed by atoms with Crippen LogP contribution in [0.1, 0.15) is 57.6 Å². The van der Waals surface area contributed by atoms with Gasteiger partial charge in [-0.1, -0.05) is 52.0 Å². The lowest BCUT2D eigenvalue weighted by atomic mass is 10.0. The molecule has 0 aliphatic rings. The van der Waals surface area contributed by atoms with Crippen molar-refractivity contribution < 1.29 is 4.79 Å². The van der Waals surface area contributed by atoms with E-state index < -0.39 is 0 Å². The van der Waals surface area contributed by atoms with Crippen molar-refractivity contribution in [3.63, 3.8) is 0 Å². The standard InChI is InChI=1S/C18H30N2O/c1-14(2)17-10-8-16(9-11-17)13-20(5)18(21)7-6-12-19-15(3)4/h8-11,14-15,19H,6-7,12-13H2,1-5H3. The fraction of sp³-hybridized carbons (Fsp3) is 0.611. The predicted molar refractivity (Wildman–Crippen MR) is 89.4 cm³/mol. The van der Waals surface area contributed by atoms with Crippen LogP contribution in [0.25, 0.3) is 0 Å². The van der Waals surface area contributed by atoms with Crippen LogP contribution in [-0.4, -0.2) is 30.4 Å². The molecule has 0 heterocycles. The van der Waals surface area contributed by atoms with Crippen molar-refractivity contribution >= 4 is 5.91 Å². The number of carbonyl (C=O) groups excluding carboxylic acids is 1. The van der Waals surface area contributed by atoms with Gasteiger partial charge in [-0.3, -0.25) is 4.79 Å². The van der Waals surface area contributed by atoms with Gasteiger partial charge in [0.2, 0.25) is 5.91 Å². The highest BCUT2D eigenvalue weighted by Crippen LogP contribution is 2.15. The third kappa shape index (κ3) is 6.76. The first-order valence-corrected chi connectivity index (χ1v) is 7.96. The van der Waals surface area contributed by atoms with Crippen molar-refractivity contribution in [3.05, 3.63) is 35.4 Å². The van der Waals surface area contributed by atoms with E-state index in [9.17, 15) is 4.79 Å². The molecule has 0 aliphatic heterocycles. The minimum absolute atomic E-state index is 0.216. The highest BCUT2D eigenvalue weighted by molar-refractivity contribution is 5.75. The highest BCUT2D eigenvalue weighted by atomic mass is 16.2. The molecule has 0 spiro atoms. The van der Waals surface area contributed by atoms with Gasteiger partial charge in [-0.15, -0.1) is 0 Å². The summed E-state index contributed by atoms with van der Waals surface area (Å²) in [7, 11) is 1.88. The molecule has 0 aliphatic carbocycles. The number of hydrogen-bond donors (Lipinski definition) is 1. The number of hydrogen-bond acceptors (Lipinski definition) is 2. The van der Waals surface area contributed by atoms with Crippen LogP contribution in [-0.2, 0) is 11.3 Å². The van der Waals surface area contributed by atoms with E-state index in [1.165, 1.54) is 11.1 Å². The Balaban J connectivity index is 2.37. The van der Waals surface area contributed by atoms with E-state index in [4.69, 9.17) is 0 Å². The van der Waals surface area contributed by atoms with Crippen LogP contribution in [0.5, 0.6) is 0 Å². The molecule has 0 bridgehead atoms. The zero-order chi connectivity index (χ0) is 15.8. The second-order valence-electron chi connectivity index (χ2n) is 6.36. The Bertz CT molecular complexity index is 423. The van der Waals surface area contributed by atoms with E-state index in [0.29, 0.717) is 24.9 Å². The third-order valence-electron chi connectivity index (χ3n) is 3.61. The minimum atomic E-state index is 0.216. The smallest absolute Gasteiger partial charge is 0.222 e. The maximum Gasteiger partial charge on any atom is 0.222 e. The number of nitrogens with zero attached hydrogens (tertiary/aromatic N) is 1. The Labute approximate surface area is 129 Å². The van der Waals surface area contributed by atoms with Crippen LogP contribution >= 0.6 is 0 Å². The van der Waals surface area contributed by atoms with Gasteiger partial charge in [0.05, 0.1) is 0 Å². The molecule has 1 amide bonds. The van der Waals surface area contributed by atoms with Crippen LogP contribution in [0.2, 0.25) is 0 Å². The summed E-state index contributed by atoms with van der Waals surface area (Å²) in [6.07, 6.45) is 1.51. The lowest BCUT2D eigenvalue weighted by molar-refractivity contribution is -0.130. The Morgan fingerprint density at radius 3 is 2.29 bits per heavy atom. The second kappa shape index (κ2) is 8.83. The fourth-order valence-corrected chi connectivity index (χ4v) is 2.19. The average Bonchev–Trinajstić information content (AvgIpc) is 2.43. The van der Waals surface area contributed by atoms with Gasteiger partial charge in [0.15, 0.2) is 0 Å². The van der Waals surface area contributed by atoms with Crippen molar-refractivity contribution in [3.8, 4) is 0 Å². The molecular formula is C18H30N2O. The van der Waals surface area contributed by atoms with Crippen molar-refractivity contribution in [2.24, 2.45) is 0 Å². The lowest BCUT2D eigenvalue weighted by Gasteiger charge is -2.18. The zero-order valence-corrected chi connectivity index (χ0v) is 14.1. The molecule has 1 aromatic rings. The molecule has 3 heteroatoms. The molecule has 21 heavy (non-hydrogen) atoms. The first kappa shape index (κ1) is 17.7. The molecule has 0 unspecified atom stereocenters. The Morgan fingerprint density at radius 2 is 1.76 bits per heavy atom. The third-order valence-corrected chi connectivity index (χ3v) is 3.61. The van der Waals surface area contributed by atoms with E-state index in [-0.39, 0.29) is 5.91 Å². The topological polar surface area (TPSA) is 32.3 Å². The number of amides is 1. The Hall–Kier alpha value is -1.35. The summed E-state index contributed by atoms with van der Waals surface area (Å²) in [5, 5.41) is 3.34. The van der Waals surface area contributed by atoms with Gasteiger partial charge in [-0.05, 0) is 30.0 Å². The first-order valence-electron chi connectivity index (χ1n) is 7.96. The minimum Gasteiger partial charge on any atom is -0.341 e. The maximum absolute atomic E-state index is 12.1. The molecule has 3 nitrogen and oxygen atoms in total. The van der Waals surface area contributed by atoms with Crippen molar-refractivity contribution in [2.75, 3.05) is 13.6 Å². The van der Waals surface area contributed by atoms with Gasteiger partial charge in [-0.2, -0.15) is 0 Å². The lowest BCUT2D eigenvalue weighted by Crippen LogP contribution is -2.28. The summed E-state index contributed by atoms with van der Waals surface area (Å²) in [6.45, 7) is 10.2. The molecule has 118 valence electrons. The average molecular weight is 290 g/mol. The maximum atomic E-state index is 12.1. The van der Waals surface area contributed by atoms with E-state index in [0.717, 1.165) is 13.0 Å². The van der Waals surface area contributed by atoms with Crippen molar-refractivity contribution in [2.45, 2.75) is 59.0 Å². The summed E-state index contributed by atoms with van der Waals surface area (Å²) in [6, 6.07) is 9.05. The molecular weight excluding hydrogens is 260 g/mol. The summed E-state index contributed by atoms with van der Waals surface area (Å²) < 4.78 is 0. The van der Waals surface area contributed by atoms with Crippen molar-refractivity contribution in [1.29, 1.82) is 0 Å². The van der Waals surface area contributed by atoms with Crippen molar-refractivity contribution in [1.82, 2.24) is 10.2 Å². The summed E-state index contributed by atoms with van der Waals surface area (Å²) >= 11 is 0. The van der Waals surface area contributed by atoms with Crippen LogP contribution in [0.3, 0.4) is 0 Å². The van der Waals surface area contributed by atoms with E-state index in [1.807, 2.05) is 11.9 Å². The molecule has 0 radical (unpaired) electrons. The van der Waals surface area contributed by atoms with E-state index >= 15 is 0 Å². The van der Waals surface area contributed by atoms with Gasteiger partial charge in [-0.25, -0.2) is 0 Å². The van der Waals surface area contributed by atoms with Gasteiger partial charge in [0.25, 0.3) is 0 Å². The van der Waals surface area contributed by atoms with Crippen LogP contribution < -0.4 is 5.32 Å². The second-order valence-corrected chi connectivity index (χ2v) is 6.36. The van der Waals surface area contributed by atoms with Gasteiger partial charge >= 0.3 is 0 Å². The van der Waals surface area contributed by atoms with E-state index in [2.05, 4.69) is 57.3 Å². The molecule has 0 fully saturated rings. The van der Waals surface area contributed by atoms with Gasteiger partial charge < -0.3 is 10.2 Å².